The summed E-state index contributed by atoms with van der Waals surface area (Å²) < 4.78 is 48.1. The van der Waals surface area contributed by atoms with Gasteiger partial charge in [0.25, 0.3) is 11.7 Å². The maximum Gasteiger partial charge on any atom is 0.573 e. The van der Waals surface area contributed by atoms with E-state index in [1.807, 2.05) is 13.8 Å². The molecule has 0 radical (unpaired) electrons. The highest BCUT2D eigenvalue weighted by atomic mass is 19.4. The van der Waals surface area contributed by atoms with Crippen LogP contribution in [0, 0.1) is 5.92 Å². The Hall–Kier alpha value is -4.34. The molecule has 10 heteroatoms. The number of halogens is 3. The molecular weight excluding hydrogens is 489 g/mol. The van der Waals surface area contributed by atoms with Crippen LogP contribution in [-0.4, -0.2) is 34.8 Å². The first kappa shape index (κ1) is 25.7. The highest BCUT2D eigenvalue weighted by molar-refractivity contribution is 6.51. The van der Waals surface area contributed by atoms with Gasteiger partial charge in [-0.15, -0.1) is 13.2 Å². The second-order valence-corrected chi connectivity index (χ2v) is 8.73. The molecule has 0 aliphatic carbocycles. The van der Waals surface area contributed by atoms with Crippen LogP contribution in [0.4, 0.5) is 18.9 Å². The summed E-state index contributed by atoms with van der Waals surface area (Å²) in [6.45, 7) is 4.39. The minimum absolute atomic E-state index is 0.0151. The highest BCUT2D eigenvalue weighted by Crippen LogP contribution is 2.43. The molecule has 3 aromatic rings. The minimum Gasteiger partial charge on any atom is -0.507 e. The first-order valence-electron chi connectivity index (χ1n) is 11.3. The van der Waals surface area contributed by atoms with Gasteiger partial charge in [-0.1, -0.05) is 32.0 Å². The van der Waals surface area contributed by atoms with E-state index in [4.69, 9.17) is 4.74 Å². The number of benzene rings is 2. The first-order chi connectivity index (χ1) is 17.5. The average molecular weight is 512 g/mol. The van der Waals surface area contributed by atoms with E-state index in [2.05, 4.69) is 9.72 Å². The molecule has 1 amide bonds. The first-order valence-corrected chi connectivity index (χ1v) is 11.3. The number of ketones is 1. The van der Waals surface area contributed by atoms with Crippen molar-refractivity contribution in [3.05, 3.63) is 89.8 Å². The number of hydrogen-bond acceptors (Lipinski definition) is 6. The molecule has 1 aliphatic rings. The van der Waals surface area contributed by atoms with Crippen molar-refractivity contribution in [1.29, 1.82) is 0 Å². The van der Waals surface area contributed by atoms with Crippen molar-refractivity contribution in [2.45, 2.75) is 26.3 Å². The molecule has 7 nitrogen and oxygen atoms in total. The number of aliphatic hydroxyl groups is 1. The van der Waals surface area contributed by atoms with Crippen molar-refractivity contribution < 1.29 is 37.3 Å². The predicted molar refractivity (Wildman–Crippen MR) is 129 cm³/mol. The number of aliphatic hydroxyl groups excluding tert-OH is 1. The number of anilines is 1. The SMILES string of the molecule is CC(C)COc1cccc(/C(O)=C2\C(=O)C(=O)N(c3cccc(OC(F)(F)F)c3)C2c2ccncc2)c1. The van der Waals surface area contributed by atoms with Gasteiger partial charge in [0.2, 0.25) is 0 Å². The number of hydrogen-bond donors (Lipinski definition) is 1. The number of ether oxygens (including phenoxy) is 2. The molecule has 1 aromatic heterocycles. The molecule has 0 spiro atoms. The fourth-order valence-electron chi connectivity index (χ4n) is 3.94. The third kappa shape index (κ3) is 5.74. The maximum atomic E-state index is 13.2. The fourth-order valence-corrected chi connectivity index (χ4v) is 3.94. The van der Waals surface area contributed by atoms with Gasteiger partial charge in [0, 0.05) is 29.7 Å². The van der Waals surface area contributed by atoms with E-state index >= 15 is 0 Å². The van der Waals surface area contributed by atoms with Crippen LogP contribution < -0.4 is 14.4 Å². The number of rotatable bonds is 7. The lowest BCUT2D eigenvalue weighted by Crippen LogP contribution is -2.29. The molecule has 1 unspecified atom stereocenters. The molecule has 0 bridgehead atoms. The van der Waals surface area contributed by atoms with Crippen LogP contribution in [0.1, 0.15) is 31.0 Å². The van der Waals surface area contributed by atoms with Crippen molar-refractivity contribution in [3.8, 4) is 11.5 Å². The summed E-state index contributed by atoms with van der Waals surface area (Å²) in [5.74, 6) is -2.29. The Balaban J connectivity index is 1.83. The number of Topliss-reactive ketones (excluding diaryl/α,β-unsaturated/α-hetero) is 1. The number of carbonyl (C=O) groups is 2. The van der Waals surface area contributed by atoms with Crippen LogP contribution in [-0.2, 0) is 9.59 Å². The molecule has 1 aliphatic heterocycles. The summed E-state index contributed by atoms with van der Waals surface area (Å²) in [6, 6.07) is 13.2. The van der Waals surface area contributed by atoms with E-state index in [0.29, 0.717) is 17.9 Å². The summed E-state index contributed by atoms with van der Waals surface area (Å²) in [5, 5.41) is 11.2. The molecule has 1 fully saturated rings. The molecule has 4 rings (SSSR count). The monoisotopic (exact) mass is 512 g/mol. The summed E-state index contributed by atoms with van der Waals surface area (Å²) in [7, 11) is 0. The number of alkyl halides is 3. The smallest absolute Gasteiger partial charge is 0.507 e. The van der Waals surface area contributed by atoms with Crippen molar-refractivity contribution in [1.82, 2.24) is 4.98 Å². The summed E-state index contributed by atoms with van der Waals surface area (Å²) in [6.07, 6.45) is -2.06. The van der Waals surface area contributed by atoms with Crippen LogP contribution in [0.5, 0.6) is 11.5 Å². The lowest BCUT2D eigenvalue weighted by molar-refractivity contribution is -0.274. The van der Waals surface area contributed by atoms with Crippen LogP contribution in [0.2, 0.25) is 0 Å². The van der Waals surface area contributed by atoms with Gasteiger partial charge in [0.1, 0.15) is 17.3 Å². The zero-order valence-corrected chi connectivity index (χ0v) is 19.9. The van der Waals surface area contributed by atoms with Crippen molar-refractivity contribution >= 4 is 23.1 Å². The molecular formula is C27H23F3N2O5. The molecule has 1 atom stereocenters. The van der Waals surface area contributed by atoms with Crippen molar-refractivity contribution in [3.63, 3.8) is 0 Å². The van der Waals surface area contributed by atoms with E-state index in [9.17, 15) is 27.9 Å². The summed E-state index contributed by atoms with van der Waals surface area (Å²) >= 11 is 0. The fraction of sp³-hybridized carbons (Fsp3) is 0.222. The van der Waals surface area contributed by atoms with Crippen molar-refractivity contribution in [2.75, 3.05) is 11.5 Å². The zero-order chi connectivity index (χ0) is 26.7. The summed E-state index contributed by atoms with van der Waals surface area (Å²) in [4.78, 5) is 31.4. The van der Waals surface area contributed by atoms with Gasteiger partial charge >= 0.3 is 6.36 Å². The van der Waals surface area contributed by atoms with Gasteiger partial charge in [0.15, 0.2) is 0 Å². The number of nitrogens with zero attached hydrogens (tertiary/aromatic N) is 2. The largest absolute Gasteiger partial charge is 0.573 e. The van der Waals surface area contributed by atoms with Crippen LogP contribution in [0.25, 0.3) is 5.76 Å². The van der Waals surface area contributed by atoms with E-state index in [1.54, 1.807) is 36.4 Å². The molecule has 2 heterocycles. The average Bonchev–Trinajstić information content (AvgIpc) is 3.12. The lowest BCUT2D eigenvalue weighted by atomic mass is 9.95. The Morgan fingerprint density at radius 3 is 2.38 bits per heavy atom. The van der Waals surface area contributed by atoms with E-state index in [-0.39, 0.29) is 22.7 Å². The molecule has 1 saturated heterocycles. The summed E-state index contributed by atoms with van der Waals surface area (Å²) in [5.41, 5.74) is 0.427. The predicted octanol–water partition coefficient (Wildman–Crippen LogP) is 5.64. The molecule has 37 heavy (non-hydrogen) atoms. The van der Waals surface area contributed by atoms with Crippen LogP contribution in [0.15, 0.2) is 78.6 Å². The number of pyridine rings is 1. The van der Waals surface area contributed by atoms with Gasteiger partial charge < -0.3 is 14.6 Å². The second-order valence-electron chi connectivity index (χ2n) is 8.73. The third-order valence-corrected chi connectivity index (χ3v) is 5.49. The third-order valence-electron chi connectivity index (χ3n) is 5.49. The Kier molecular flexibility index (Phi) is 7.19. The van der Waals surface area contributed by atoms with Crippen LogP contribution in [0.3, 0.4) is 0 Å². The Morgan fingerprint density at radius 2 is 1.70 bits per heavy atom. The molecule has 2 aromatic carbocycles. The number of carbonyl (C=O) groups excluding carboxylic acids is 2. The van der Waals surface area contributed by atoms with Gasteiger partial charge in [0.05, 0.1) is 18.2 Å². The number of aromatic nitrogens is 1. The van der Waals surface area contributed by atoms with E-state index in [1.165, 1.54) is 24.5 Å². The van der Waals surface area contributed by atoms with Gasteiger partial charge in [-0.2, -0.15) is 0 Å². The maximum absolute atomic E-state index is 13.2. The normalized spacial score (nSPS) is 17.4. The van der Waals surface area contributed by atoms with Gasteiger partial charge in [-0.05, 0) is 47.9 Å². The lowest BCUT2D eigenvalue weighted by Gasteiger charge is -2.25. The standard InChI is InChI=1S/C27H23F3N2O5/c1-16(2)15-36-20-7-3-5-18(13-20)24(33)22-23(17-9-11-31-12-10-17)32(26(35)25(22)34)19-6-4-8-21(14-19)37-27(28,29)30/h3-14,16,23,33H,15H2,1-2H3/b24-22+. The topological polar surface area (TPSA) is 89.0 Å². The highest BCUT2D eigenvalue weighted by Gasteiger charge is 2.47. The molecule has 1 N–H and O–H groups in total. The number of amides is 1. The molecule has 0 saturated carbocycles. The van der Waals surface area contributed by atoms with Gasteiger partial charge in [-0.25, -0.2) is 0 Å². The second kappa shape index (κ2) is 10.3. The van der Waals surface area contributed by atoms with E-state index in [0.717, 1.165) is 17.0 Å². The minimum atomic E-state index is -4.94. The zero-order valence-electron chi connectivity index (χ0n) is 19.9. The van der Waals surface area contributed by atoms with Crippen molar-refractivity contribution in [2.24, 2.45) is 5.92 Å². The Labute approximate surface area is 210 Å². The van der Waals surface area contributed by atoms with Gasteiger partial charge in [-0.3, -0.25) is 19.5 Å². The van der Waals surface area contributed by atoms with E-state index < -0.39 is 35.6 Å². The Morgan fingerprint density at radius 1 is 1.03 bits per heavy atom. The van der Waals surface area contributed by atoms with Crippen LogP contribution >= 0.6 is 0 Å². The Bertz CT molecular complexity index is 1340. The quantitative estimate of drug-likeness (QED) is 0.250. The molecule has 192 valence electrons.